The summed E-state index contributed by atoms with van der Waals surface area (Å²) in [4.78, 5) is 28.7. The van der Waals surface area contributed by atoms with Crippen LogP contribution in [0.15, 0.2) is 18.3 Å². The van der Waals surface area contributed by atoms with Crippen LogP contribution < -0.4 is 5.32 Å². The maximum Gasteiger partial charge on any atom is 0.336 e. The van der Waals surface area contributed by atoms with E-state index in [1.807, 2.05) is 6.92 Å². The zero-order chi connectivity index (χ0) is 14.9. The SMILES string of the molecule is Cc1cnc(NC(=O)c2c(C)ccc(C)c2C(=O)O)s1. The lowest BCUT2D eigenvalue weighted by Crippen LogP contribution is -2.19. The number of hydrogen-bond acceptors (Lipinski definition) is 4. The number of aryl methyl sites for hydroxylation is 3. The fourth-order valence-corrected chi connectivity index (χ4v) is 2.61. The Hall–Kier alpha value is -2.21. The topological polar surface area (TPSA) is 79.3 Å². The molecular formula is C14H14N2O3S. The van der Waals surface area contributed by atoms with E-state index in [-0.39, 0.29) is 11.1 Å². The second-order valence-corrected chi connectivity index (χ2v) is 5.72. The van der Waals surface area contributed by atoms with Crippen molar-refractivity contribution in [3.63, 3.8) is 0 Å². The Morgan fingerprint density at radius 3 is 2.25 bits per heavy atom. The van der Waals surface area contributed by atoms with Gasteiger partial charge < -0.3 is 5.11 Å². The Morgan fingerprint density at radius 2 is 1.75 bits per heavy atom. The normalized spacial score (nSPS) is 10.3. The Kier molecular flexibility index (Phi) is 3.85. The summed E-state index contributed by atoms with van der Waals surface area (Å²) in [5.74, 6) is -1.55. The summed E-state index contributed by atoms with van der Waals surface area (Å²) in [5, 5.41) is 12.4. The van der Waals surface area contributed by atoms with Gasteiger partial charge in [0.2, 0.25) is 0 Å². The molecule has 0 aliphatic heterocycles. The van der Waals surface area contributed by atoms with E-state index in [0.29, 0.717) is 16.3 Å². The minimum absolute atomic E-state index is 0.0378. The molecule has 0 atom stereocenters. The van der Waals surface area contributed by atoms with Gasteiger partial charge in [-0.15, -0.1) is 11.3 Å². The van der Waals surface area contributed by atoms with Crippen LogP contribution in [0.3, 0.4) is 0 Å². The third-order valence-corrected chi connectivity index (χ3v) is 3.73. The highest BCUT2D eigenvalue weighted by molar-refractivity contribution is 7.15. The number of benzene rings is 1. The maximum absolute atomic E-state index is 12.3. The molecule has 1 aromatic heterocycles. The molecule has 0 aliphatic carbocycles. The van der Waals surface area contributed by atoms with Gasteiger partial charge in [-0.05, 0) is 31.9 Å². The number of aromatic carboxylic acids is 1. The number of hydrogen-bond donors (Lipinski definition) is 2. The summed E-state index contributed by atoms with van der Waals surface area (Å²) in [6.45, 7) is 5.27. The van der Waals surface area contributed by atoms with Crippen LogP contribution in [-0.2, 0) is 0 Å². The predicted molar refractivity (Wildman–Crippen MR) is 77.7 cm³/mol. The molecule has 0 spiro atoms. The fraction of sp³-hybridized carbons (Fsp3) is 0.214. The summed E-state index contributed by atoms with van der Waals surface area (Å²) in [5.41, 5.74) is 1.41. The maximum atomic E-state index is 12.3. The van der Waals surface area contributed by atoms with Crippen LogP contribution in [-0.4, -0.2) is 22.0 Å². The van der Waals surface area contributed by atoms with Crippen molar-refractivity contribution in [2.45, 2.75) is 20.8 Å². The molecule has 0 radical (unpaired) electrons. The second kappa shape index (κ2) is 5.42. The van der Waals surface area contributed by atoms with E-state index in [9.17, 15) is 14.7 Å². The Labute approximate surface area is 120 Å². The van der Waals surface area contributed by atoms with Gasteiger partial charge >= 0.3 is 5.97 Å². The van der Waals surface area contributed by atoms with Crippen LogP contribution in [0.1, 0.15) is 36.7 Å². The van der Waals surface area contributed by atoms with E-state index < -0.39 is 11.9 Å². The molecule has 0 bridgehead atoms. The zero-order valence-electron chi connectivity index (χ0n) is 11.4. The van der Waals surface area contributed by atoms with Gasteiger partial charge in [-0.2, -0.15) is 0 Å². The van der Waals surface area contributed by atoms with Crippen molar-refractivity contribution < 1.29 is 14.7 Å². The number of carboxylic acids is 1. The van der Waals surface area contributed by atoms with Crippen LogP contribution in [0.25, 0.3) is 0 Å². The van der Waals surface area contributed by atoms with Gasteiger partial charge in [0.1, 0.15) is 0 Å². The molecule has 20 heavy (non-hydrogen) atoms. The molecule has 0 unspecified atom stereocenters. The van der Waals surface area contributed by atoms with Crippen LogP contribution >= 0.6 is 11.3 Å². The summed E-state index contributed by atoms with van der Waals surface area (Å²) in [6, 6.07) is 3.44. The lowest BCUT2D eigenvalue weighted by atomic mass is 9.96. The van der Waals surface area contributed by atoms with Gasteiger partial charge in [0.25, 0.3) is 5.91 Å². The van der Waals surface area contributed by atoms with Crippen molar-refractivity contribution in [2.24, 2.45) is 0 Å². The first-order chi connectivity index (χ1) is 9.40. The standard InChI is InChI=1S/C14H14N2O3S/c1-7-4-5-8(2)11(13(18)19)10(7)12(17)16-14-15-6-9(3)20-14/h4-6H,1-3H3,(H,18,19)(H,15,16,17). The van der Waals surface area contributed by atoms with Crippen molar-refractivity contribution in [1.29, 1.82) is 0 Å². The van der Waals surface area contributed by atoms with Crippen LogP contribution in [0, 0.1) is 20.8 Å². The molecule has 1 heterocycles. The lowest BCUT2D eigenvalue weighted by molar-refractivity contribution is 0.0691. The number of anilines is 1. The molecule has 5 nitrogen and oxygen atoms in total. The number of carbonyl (C=O) groups is 2. The third-order valence-electron chi connectivity index (χ3n) is 2.90. The average Bonchev–Trinajstić information content (AvgIpc) is 2.76. The highest BCUT2D eigenvalue weighted by Crippen LogP contribution is 2.22. The van der Waals surface area contributed by atoms with Crippen molar-refractivity contribution in [1.82, 2.24) is 4.98 Å². The van der Waals surface area contributed by atoms with Crippen LogP contribution in [0.4, 0.5) is 5.13 Å². The van der Waals surface area contributed by atoms with Gasteiger partial charge in [0.15, 0.2) is 5.13 Å². The molecule has 2 aromatic rings. The molecule has 0 saturated carbocycles. The highest BCUT2D eigenvalue weighted by Gasteiger charge is 2.21. The molecule has 0 aliphatic rings. The average molecular weight is 290 g/mol. The molecule has 1 aromatic carbocycles. The summed E-state index contributed by atoms with van der Waals surface area (Å²) >= 11 is 1.34. The first-order valence-corrected chi connectivity index (χ1v) is 6.79. The minimum atomic E-state index is -1.10. The second-order valence-electron chi connectivity index (χ2n) is 4.48. The number of rotatable bonds is 3. The van der Waals surface area contributed by atoms with E-state index in [2.05, 4.69) is 10.3 Å². The lowest BCUT2D eigenvalue weighted by Gasteiger charge is -2.11. The largest absolute Gasteiger partial charge is 0.478 e. The van der Waals surface area contributed by atoms with E-state index in [4.69, 9.17) is 0 Å². The summed E-state index contributed by atoms with van der Waals surface area (Å²) in [6.07, 6.45) is 1.65. The van der Waals surface area contributed by atoms with Crippen molar-refractivity contribution >= 4 is 28.3 Å². The molecule has 104 valence electrons. The quantitative estimate of drug-likeness (QED) is 0.910. The van der Waals surface area contributed by atoms with Crippen LogP contribution in [0.2, 0.25) is 0 Å². The molecule has 2 N–H and O–H groups in total. The first-order valence-electron chi connectivity index (χ1n) is 5.97. The first kappa shape index (κ1) is 14.2. The third kappa shape index (κ3) is 2.70. The Bertz CT molecular complexity index is 692. The van der Waals surface area contributed by atoms with Crippen molar-refractivity contribution in [3.8, 4) is 0 Å². The Balaban J connectivity index is 2.43. The summed E-state index contributed by atoms with van der Waals surface area (Å²) in [7, 11) is 0. The number of carbonyl (C=O) groups excluding carboxylic acids is 1. The molecule has 1 amide bonds. The number of thiazole rings is 1. The zero-order valence-corrected chi connectivity index (χ0v) is 12.2. The fourth-order valence-electron chi connectivity index (χ4n) is 1.95. The molecular weight excluding hydrogens is 276 g/mol. The van der Waals surface area contributed by atoms with E-state index >= 15 is 0 Å². The van der Waals surface area contributed by atoms with Gasteiger partial charge in [-0.25, -0.2) is 9.78 Å². The molecule has 6 heteroatoms. The predicted octanol–water partition coefficient (Wildman–Crippen LogP) is 3.02. The van der Waals surface area contributed by atoms with E-state index in [1.54, 1.807) is 32.2 Å². The molecule has 0 fully saturated rings. The van der Waals surface area contributed by atoms with E-state index in [1.165, 1.54) is 11.3 Å². The van der Waals surface area contributed by atoms with Gasteiger partial charge in [0.05, 0.1) is 11.1 Å². The number of amides is 1. The number of nitrogens with one attached hydrogen (secondary N) is 1. The minimum Gasteiger partial charge on any atom is -0.478 e. The van der Waals surface area contributed by atoms with Crippen molar-refractivity contribution in [2.75, 3.05) is 5.32 Å². The molecule has 0 saturated heterocycles. The van der Waals surface area contributed by atoms with Gasteiger partial charge in [0, 0.05) is 11.1 Å². The smallest absolute Gasteiger partial charge is 0.336 e. The monoisotopic (exact) mass is 290 g/mol. The Morgan fingerprint density at radius 1 is 1.15 bits per heavy atom. The van der Waals surface area contributed by atoms with Gasteiger partial charge in [-0.1, -0.05) is 12.1 Å². The highest BCUT2D eigenvalue weighted by atomic mass is 32.1. The number of nitrogens with zero attached hydrogens (tertiary/aromatic N) is 1. The van der Waals surface area contributed by atoms with Crippen LogP contribution in [0.5, 0.6) is 0 Å². The number of carboxylic acid groups (broad SMARTS) is 1. The molecule has 2 rings (SSSR count). The summed E-state index contributed by atoms with van der Waals surface area (Å²) < 4.78 is 0. The van der Waals surface area contributed by atoms with E-state index in [0.717, 1.165) is 4.88 Å². The van der Waals surface area contributed by atoms with Gasteiger partial charge in [-0.3, -0.25) is 10.1 Å². The number of aromatic nitrogens is 1. The van der Waals surface area contributed by atoms with Crippen molar-refractivity contribution in [3.05, 3.63) is 45.5 Å².